The summed E-state index contributed by atoms with van der Waals surface area (Å²) in [6.07, 6.45) is 0. The number of ketones is 1. The number of amides is 1. The summed E-state index contributed by atoms with van der Waals surface area (Å²) >= 11 is 12.4. The topological polar surface area (TPSA) is 88.5 Å². The highest BCUT2D eigenvalue weighted by Gasteiger charge is 2.46. The van der Waals surface area contributed by atoms with E-state index in [2.05, 4.69) is 4.90 Å². The van der Waals surface area contributed by atoms with Gasteiger partial charge >= 0.3 is 0 Å². The van der Waals surface area contributed by atoms with Gasteiger partial charge in [0.1, 0.15) is 5.76 Å². The quantitative estimate of drug-likeness (QED) is 0.337. The van der Waals surface area contributed by atoms with E-state index in [4.69, 9.17) is 37.4 Å². The van der Waals surface area contributed by atoms with Crippen molar-refractivity contribution in [2.24, 2.45) is 0 Å². The molecule has 0 aromatic heterocycles. The van der Waals surface area contributed by atoms with Crippen molar-refractivity contribution >= 4 is 40.7 Å². The molecule has 35 heavy (non-hydrogen) atoms. The van der Waals surface area contributed by atoms with Crippen molar-refractivity contribution in [3.63, 3.8) is 0 Å². The van der Waals surface area contributed by atoms with Crippen molar-refractivity contribution in [1.29, 1.82) is 0 Å². The molecule has 1 amide bonds. The van der Waals surface area contributed by atoms with Gasteiger partial charge in [-0.1, -0.05) is 29.3 Å². The second-order valence-corrected chi connectivity index (χ2v) is 9.00. The second-order valence-electron chi connectivity index (χ2n) is 8.19. The maximum absolute atomic E-state index is 13.2. The molecule has 0 radical (unpaired) electrons. The number of hydrogen-bond acceptors (Lipinski definition) is 7. The largest absolute Gasteiger partial charge is 0.507 e. The molecule has 0 bridgehead atoms. The molecule has 0 unspecified atom stereocenters. The average Bonchev–Trinajstić information content (AvgIpc) is 3.13. The molecule has 0 spiro atoms. The molecular formula is C25H26Cl2N2O6. The smallest absolute Gasteiger partial charge is 0.295 e. The standard InChI is InChI=1S/C25H26Cl2N2O6/c1-33-19-6-4-16(14-20(19)34-2)23(30)21-22(15-3-5-17(26)18(27)13-15)29(25(32)24(21)31)8-7-28-9-11-35-12-10-28/h3-6,13-14,22,30H,7-12H2,1-2H3/t22-/m0/s1. The van der Waals surface area contributed by atoms with Gasteiger partial charge in [-0.3, -0.25) is 14.5 Å². The van der Waals surface area contributed by atoms with E-state index in [9.17, 15) is 14.7 Å². The van der Waals surface area contributed by atoms with Gasteiger partial charge in [-0.2, -0.15) is 0 Å². The molecule has 2 aliphatic rings. The summed E-state index contributed by atoms with van der Waals surface area (Å²) in [7, 11) is 2.98. The van der Waals surface area contributed by atoms with Gasteiger partial charge in [-0.05, 0) is 35.9 Å². The number of halogens is 2. The molecule has 2 aromatic carbocycles. The summed E-state index contributed by atoms with van der Waals surface area (Å²) in [6.45, 7) is 3.57. The molecule has 0 aliphatic carbocycles. The van der Waals surface area contributed by atoms with Gasteiger partial charge in [-0.25, -0.2) is 0 Å². The first-order valence-electron chi connectivity index (χ1n) is 11.1. The van der Waals surface area contributed by atoms with E-state index in [0.29, 0.717) is 47.4 Å². The number of aliphatic hydroxyl groups excluding tert-OH is 1. The predicted molar refractivity (Wildman–Crippen MR) is 132 cm³/mol. The highest BCUT2D eigenvalue weighted by molar-refractivity contribution is 6.46. The number of aliphatic hydroxyl groups is 1. The minimum atomic E-state index is -0.834. The van der Waals surface area contributed by atoms with Gasteiger partial charge in [0.2, 0.25) is 0 Å². The van der Waals surface area contributed by atoms with Crippen molar-refractivity contribution in [2.45, 2.75) is 6.04 Å². The van der Waals surface area contributed by atoms with Crippen molar-refractivity contribution in [2.75, 3.05) is 53.6 Å². The van der Waals surface area contributed by atoms with E-state index < -0.39 is 17.7 Å². The van der Waals surface area contributed by atoms with Crippen LogP contribution >= 0.6 is 23.2 Å². The van der Waals surface area contributed by atoms with Crippen LogP contribution in [-0.4, -0.2) is 80.2 Å². The van der Waals surface area contributed by atoms with Crippen molar-refractivity contribution in [1.82, 2.24) is 9.80 Å². The minimum absolute atomic E-state index is 0.0254. The Morgan fingerprint density at radius 3 is 2.37 bits per heavy atom. The molecule has 0 saturated carbocycles. The van der Waals surface area contributed by atoms with E-state index in [1.807, 2.05) is 0 Å². The third-order valence-electron chi connectivity index (χ3n) is 6.22. The Balaban J connectivity index is 1.78. The average molecular weight is 521 g/mol. The van der Waals surface area contributed by atoms with E-state index in [1.54, 1.807) is 36.4 Å². The number of likely N-dealkylation sites (tertiary alicyclic amines) is 1. The summed E-state index contributed by atoms with van der Waals surface area (Å²) < 4.78 is 16.0. The monoisotopic (exact) mass is 520 g/mol. The van der Waals surface area contributed by atoms with Crippen LogP contribution in [0, 0.1) is 0 Å². The van der Waals surface area contributed by atoms with E-state index in [0.717, 1.165) is 13.1 Å². The van der Waals surface area contributed by atoms with E-state index in [1.165, 1.54) is 19.1 Å². The molecule has 2 heterocycles. The Kier molecular flexibility index (Phi) is 7.86. The van der Waals surface area contributed by atoms with E-state index >= 15 is 0 Å². The first-order chi connectivity index (χ1) is 16.8. The highest BCUT2D eigenvalue weighted by atomic mass is 35.5. The summed E-state index contributed by atoms with van der Waals surface area (Å²) in [5.41, 5.74) is 0.865. The number of ether oxygens (including phenoxy) is 3. The second kappa shape index (κ2) is 10.9. The maximum Gasteiger partial charge on any atom is 0.295 e. The summed E-state index contributed by atoms with van der Waals surface area (Å²) in [6, 6.07) is 8.87. The lowest BCUT2D eigenvalue weighted by Crippen LogP contribution is -2.42. The number of nitrogens with zero attached hydrogens (tertiary/aromatic N) is 2. The molecule has 1 atom stereocenters. The van der Waals surface area contributed by atoms with Crippen LogP contribution in [0.25, 0.3) is 5.76 Å². The zero-order valence-electron chi connectivity index (χ0n) is 19.4. The number of benzene rings is 2. The number of carbonyl (C=O) groups is 2. The van der Waals surface area contributed by atoms with Crippen LogP contribution in [0.5, 0.6) is 11.5 Å². The van der Waals surface area contributed by atoms with Gasteiger partial charge < -0.3 is 24.2 Å². The van der Waals surface area contributed by atoms with Crippen LogP contribution in [0.15, 0.2) is 42.0 Å². The fourth-order valence-electron chi connectivity index (χ4n) is 4.35. The Morgan fingerprint density at radius 2 is 1.71 bits per heavy atom. The minimum Gasteiger partial charge on any atom is -0.507 e. The molecule has 2 fully saturated rings. The summed E-state index contributed by atoms with van der Waals surface area (Å²) in [5.74, 6) is -0.916. The maximum atomic E-state index is 13.2. The van der Waals surface area contributed by atoms with Crippen LogP contribution in [0.3, 0.4) is 0 Å². The van der Waals surface area contributed by atoms with Gasteiger partial charge in [-0.15, -0.1) is 0 Å². The van der Waals surface area contributed by atoms with Crippen molar-refractivity contribution in [3.05, 3.63) is 63.1 Å². The lowest BCUT2D eigenvalue weighted by Gasteiger charge is -2.31. The molecular weight excluding hydrogens is 495 g/mol. The first-order valence-corrected chi connectivity index (χ1v) is 11.9. The van der Waals surface area contributed by atoms with E-state index in [-0.39, 0.29) is 22.9 Å². The van der Waals surface area contributed by atoms with Crippen LogP contribution in [0.2, 0.25) is 10.0 Å². The number of carbonyl (C=O) groups excluding carboxylic acids is 2. The molecule has 2 saturated heterocycles. The predicted octanol–water partition coefficient (Wildman–Crippen LogP) is 3.76. The number of Topliss-reactive ketones (excluding diaryl/α,β-unsaturated/α-hetero) is 1. The normalized spacial score (nSPS) is 20.3. The summed E-state index contributed by atoms with van der Waals surface area (Å²) in [4.78, 5) is 30.1. The Hall–Kier alpha value is -2.78. The van der Waals surface area contributed by atoms with Gasteiger partial charge in [0, 0.05) is 31.7 Å². The van der Waals surface area contributed by atoms with Gasteiger partial charge in [0.05, 0.1) is 49.1 Å². The van der Waals surface area contributed by atoms with Gasteiger partial charge in [0.25, 0.3) is 11.7 Å². The van der Waals surface area contributed by atoms with Crippen molar-refractivity contribution in [3.8, 4) is 11.5 Å². The Bertz CT molecular complexity index is 1160. The fourth-order valence-corrected chi connectivity index (χ4v) is 4.66. The molecule has 10 heteroatoms. The molecule has 8 nitrogen and oxygen atoms in total. The number of rotatable bonds is 7. The van der Waals surface area contributed by atoms with Crippen LogP contribution in [0.4, 0.5) is 0 Å². The molecule has 2 aliphatic heterocycles. The zero-order chi connectivity index (χ0) is 25.1. The zero-order valence-corrected chi connectivity index (χ0v) is 20.9. The third-order valence-corrected chi connectivity index (χ3v) is 6.96. The Morgan fingerprint density at radius 1 is 1.00 bits per heavy atom. The van der Waals surface area contributed by atoms with Gasteiger partial charge in [0.15, 0.2) is 11.5 Å². The molecule has 186 valence electrons. The van der Waals surface area contributed by atoms with Crippen LogP contribution < -0.4 is 9.47 Å². The van der Waals surface area contributed by atoms with Crippen LogP contribution in [-0.2, 0) is 14.3 Å². The third kappa shape index (κ3) is 5.11. The SMILES string of the molecule is COc1ccc(C(O)=C2C(=O)C(=O)N(CCN3CCOCC3)[C@H]2c2ccc(Cl)c(Cl)c2)cc1OC. The van der Waals surface area contributed by atoms with Crippen molar-refractivity contribution < 1.29 is 28.9 Å². The summed E-state index contributed by atoms with van der Waals surface area (Å²) in [5, 5.41) is 11.9. The number of methoxy groups -OCH3 is 2. The first kappa shape index (κ1) is 25.3. The fraction of sp³-hybridized carbons (Fsp3) is 0.360. The Labute approximate surface area is 213 Å². The highest BCUT2D eigenvalue weighted by Crippen LogP contribution is 2.41. The lowest BCUT2D eigenvalue weighted by atomic mass is 9.95. The lowest BCUT2D eigenvalue weighted by molar-refractivity contribution is -0.140. The van der Waals surface area contributed by atoms with Crippen LogP contribution in [0.1, 0.15) is 17.2 Å². The molecule has 2 aromatic rings. The number of hydrogen-bond donors (Lipinski definition) is 1. The molecule has 4 rings (SSSR count). The molecule has 1 N–H and O–H groups in total. The number of morpholine rings is 1.